The third kappa shape index (κ3) is 3.34. The van der Waals surface area contributed by atoms with Gasteiger partial charge in [0.05, 0.1) is 11.5 Å². The number of hydrogen-bond donors (Lipinski definition) is 1. The molecule has 0 unspecified atom stereocenters. The summed E-state index contributed by atoms with van der Waals surface area (Å²) in [5.74, 6) is 0.790. The zero-order valence-corrected chi connectivity index (χ0v) is 15.1. The first-order valence-electron chi connectivity index (χ1n) is 7.16. The summed E-state index contributed by atoms with van der Waals surface area (Å²) in [5.41, 5.74) is 0.506. The van der Waals surface area contributed by atoms with Gasteiger partial charge >= 0.3 is 0 Å². The predicted molar refractivity (Wildman–Crippen MR) is 95.7 cm³/mol. The van der Waals surface area contributed by atoms with Gasteiger partial charge in [-0.3, -0.25) is 9.71 Å². The molecule has 2 aromatic heterocycles. The molecule has 0 radical (unpaired) electrons. The smallest absolute Gasteiger partial charge is 0.263 e. The van der Waals surface area contributed by atoms with Gasteiger partial charge in [-0.2, -0.15) is 0 Å². The van der Waals surface area contributed by atoms with Crippen LogP contribution in [0.4, 0.5) is 5.82 Å². The van der Waals surface area contributed by atoms with Crippen LogP contribution in [-0.4, -0.2) is 25.0 Å². The minimum absolute atomic E-state index is 0.124. The van der Waals surface area contributed by atoms with Crippen molar-refractivity contribution in [3.8, 4) is 5.75 Å². The lowest BCUT2D eigenvalue weighted by atomic mass is 10.2. The van der Waals surface area contributed by atoms with Crippen LogP contribution >= 0.6 is 15.9 Å². The second kappa shape index (κ2) is 6.74. The lowest BCUT2D eigenvalue weighted by Gasteiger charge is -2.12. The Morgan fingerprint density at radius 3 is 2.71 bits per heavy atom. The van der Waals surface area contributed by atoms with E-state index in [1.807, 2.05) is 6.92 Å². The Hall–Kier alpha value is -2.19. The van der Waals surface area contributed by atoms with Crippen LogP contribution in [0, 0.1) is 0 Å². The van der Waals surface area contributed by atoms with Gasteiger partial charge in [0.1, 0.15) is 17.1 Å². The summed E-state index contributed by atoms with van der Waals surface area (Å²) >= 11 is 3.26. The summed E-state index contributed by atoms with van der Waals surface area (Å²) in [4.78, 5) is 8.42. The van der Waals surface area contributed by atoms with Crippen LogP contribution in [0.15, 0.2) is 58.2 Å². The fourth-order valence-corrected chi connectivity index (χ4v) is 3.70. The predicted octanol–water partition coefficient (Wildman–Crippen LogP) is 3.59. The van der Waals surface area contributed by atoms with Crippen molar-refractivity contribution in [2.24, 2.45) is 0 Å². The first kappa shape index (κ1) is 16.7. The minimum Gasteiger partial charge on any atom is -0.492 e. The van der Waals surface area contributed by atoms with Crippen LogP contribution < -0.4 is 9.46 Å². The molecule has 8 heteroatoms. The SMILES string of the molecule is CCOc1ccc(S(=O)(=O)Nc2ccc(Br)cn2)c2cccnc12. The Bertz CT molecular complexity index is 976. The van der Waals surface area contributed by atoms with Gasteiger partial charge in [0.15, 0.2) is 0 Å². The van der Waals surface area contributed by atoms with Crippen LogP contribution in [0.25, 0.3) is 10.9 Å². The maximum atomic E-state index is 12.7. The maximum Gasteiger partial charge on any atom is 0.263 e. The van der Waals surface area contributed by atoms with E-state index in [1.54, 1.807) is 36.5 Å². The molecule has 0 aliphatic carbocycles. The topological polar surface area (TPSA) is 81.2 Å². The van der Waals surface area contributed by atoms with Gasteiger partial charge in [0.25, 0.3) is 10.0 Å². The van der Waals surface area contributed by atoms with E-state index in [0.717, 1.165) is 4.47 Å². The standard InChI is InChI=1S/C16H14BrN3O3S/c1-2-23-13-6-7-14(12-4-3-9-18-16(12)13)24(21,22)20-15-8-5-11(17)10-19-15/h3-10H,2H2,1H3,(H,19,20). The average molecular weight is 408 g/mol. The molecule has 0 spiro atoms. The molecule has 3 aromatic rings. The van der Waals surface area contributed by atoms with Crippen molar-refractivity contribution >= 4 is 42.7 Å². The first-order chi connectivity index (χ1) is 11.5. The highest BCUT2D eigenvalue weighted by Gasteiger charge is 2.20. The quantitative estimate of drug-likeness (QED) is 0.698. The molecular weight excluding hydrogens is 394 g/mol. The highest BCUT2D eigenvalue weighted by molar-refractivity contribution is 9.10. The normalized spacial score (nSPS) is 11.4. The third-order valence-electron chi connectivity index (χ3n) is 3.25. The molecule has 0 fully saturated rings. The number of fused-ring (bicyclic) bond motifs is 1. The number of rotatable bonds is 5. The van der Waals surface area contributed by atoms with Crippen molar-refractivity contribution in [3.63, 3.8) is 0 Å². The Kier molecular flexibility index (Phi) is 4.68. The number of hydrogen-bond acceptors (Lipinski definition) is 5. The van der Waals surface area contributed by atoms with Crippen LogP contribution in [0.1, 0.15) is 6.92 Å². The summed E-state index contributed by atoms with van der Waals surface area (Å²) in [6, 6.07) is 9.81. The van der Waals surface area contributed by atoms with Crippen molar-refractivity contribution in [2.75, 3.05) is 11.3 Å². The molecule has 0 aliphatic heterocycles. The maximum absolute atomic E-state index is 12.7. The van der Waals surface area contributed by atoms with Crippen molar-refractivity contribution in [1.29, 1.82) is 0 Å². The molecule has 2 heterocycles. The molecule has 1 aromatic carbocycles. The van der Waals surface area contributed by atoms with E-state index < -0.39 is 10.0 Å². The number of benzene rings is 1. The van der Waals surface area contributed by atoms with E-state index in [9.17, 15) is 8.42 Å². The van der Waals surface area contributed by atoms with Crippen LogP contribution in [0.3, 0.4) is 0 Å². The van der Waals surface area contributed by atoms with Crippen LogP contribution in [0.2, 0.25) is 0 Å². The number of nitrogens with one attached hydrogen (secondary N) is 1. The zero-order chi connectivity index (χ0) is 17.2. The average Bonchev–Trinajstić information content (AvgIpc) is 2.57. The number of anilines is 1. The van der Waals surface area contributed by atoms with Gasteiger partial charge in [-0.25, -0.2) is 13.4 Å². The molecule has 0 atom stereocenters. The van der Waals surface area contributed by atoms with Crippen molar-refractivity contribution in [2.45, 2.75) is 11.8 Å². The molecule has 24 heavy (non-hydrogen) atoms. The molecule has 3 rings (SSSR count). The van der Waals surface area contributed by atoms with E-state index in [0.29, 0.717) is 23.3 Å². The minimum atomic E-state index is -3.81. The molecule has 0 saturated carbocycles. The van der Waals surface area contributed by atoms with E-state index in [4.69, 9.17) is 4.74 Å². The summed E-state index contributed by atoms with van der Waals surface area (Å²) in [6.45, 7) is 2.33. The van der Waals surface area contributed by atoms with E-state index in [2.05, 4.69) is 30.6 Å². The summed E-state index contributed by atoms with van der Waals surface area (Å²) in [7, 11) is -3.81. The largest absolute Gasteiger partial charge is 0.492 e. The molecule has 1 N–H and O–H groups in total. The second-order valence-corrected chi connectivity index (χ2v) is 7.43. The van der Waals surface area contributed by atoms with Gasteiger partial charge in [-0.1, -0.05) is 0 Å². The Balaban J connectivity index is 2.08. The Morgan fingerprint density at radius 2 is 2.00 bits per heavy atom. The van der Waals surface area contributed by atoms with E-state index in [1.165, 1.54) is 12.3 Å². The van der Waals surface area contributed by atoms with Crippen molar-refractivity contribution in [1.82, 2.24) is 9.97 Å². The Morgan fingerprint density at radius 1 is 1.17 bits per heavy atom. The van der Waals surface area contributed by atoms with Gasteiger partial charge in [0.2, 0.25) is 0 Å². The molecule has 124 valence electrons. The van der Waals surface area contributed by atoms with Gasteiger partial charge < -0.3 is 4.74 Å². The van der Waals surface area contributed by atoms with Gasteiger partial charge in [0, 0.05) is 22.3 Å². The number of nitrogens with zero attached hydrogens (tertiary/aromatic N) is 2. The fraction of sp³-hybridized carbons (Fsp3) is 0.125. The lowest BCUT2D eigenvalue weighted by Crippen LogP contribution is -2.14. The van der Waals surface area contributed by atoms with E-state index >= 15 is 0 Å². The highest BCUT2D eigenvalue weighted by Crippen LogP contribution is 2.30. The first-order valence-corrected chi connectivity index (χ1v) is 9.44. The van der Waals surface area contributed by atoms with Crippen LogP contribution in [-0.2, 0) is 10.0 Å². The molecule has 6 nitrogen and oxygen atoms in total. The summed E-state index contributed by atoms with van der Waals surface area (Å²) in [6.07, 6.45) is 3.13. The molecule has 0 amide bonds. The molecular formula is C16H14BrN3O3S. The highest BCUT2D eigenvalue weighted by atomic mass is 79.9. The number of halogens is 1. The Labute approximate surface area is 148 Å². The van der Waals surface area contributed by atoms with Gasteiger partial charge in [-0.15, -0.1) is 0 Å². The molecule has 0 aliphatic rings. The van der Waals surface area contributed by atoms with Crippen molar-refractivity contribution < 1.29 is 13.2 Å². The summed E-state index contributed by atoms with van der Waals surface area (Å²) < 4.78 is 34.2. The van der Waals surface area contributed by atoms with Crippen LogP contribution in [0.5, 0.6) is 5.75 Å². The number of ether oxygens (including phenoxy) is 1. The fourth-order valence-electron chi connectivity index (χ4n) is 2.26. The monoisotopic (exact) mass is 407 g/mol. The molecule has 0 saturated heterocycles. The lowest BCUT2D eigenvalue weighted by molar-refractivity contribution is 0.343. The van der Waals surface area contributed by atoms with E-state index in [-0.39, 0.29) is 10.7 Å². The number of aromatic nitrogens is 2. The number of sulfonamides is 1. The second-order valence-electron chi connectivity index (χ2n) is 4.86. The zero-order valence-electron chi connectivity index (χ0n) is 12.7. The molecule has 0 bridgehead atoms. The van der Waals surface area contributed by atoms with Gasteiger partial charge in [-0.05, 0) is 59.3 Å². The summed E-state index contributed by atoms with van der Waals surface area (Å²) in [5, 5.41) is 0.494. The number of pyridine rings is 2. The third-order valence-corrected chi connectivity index (χ3v) is 5.13. The van der Waals surface area contributed by atoms with Crippen molar-refractivity contribution in [3.05, 3.63) is 53.3 Å².